The average Bonchev–Trinajstić information content (AvgIpc) is 2.92. The minimum Gasteiger partial charge on any atom is -0.399 e. The van der Waals surface area contributed by atoms with E-state index in [1.54, 1.807) is 12.3 Å². The van der Waals surface area contributed by atoms with E-state index in [0.717, 1.165) is 0 Å². The molecule has 3 rings (SSSR count). The molecule has 0 aliphatic rings. The van der Waals surface area contributed by atoms with Gasteiger partial charge in [0.25, 0.3) is 5.89 Å². The molecule has 0 saturated carbocycles. The molecule has 0 radical (unpaired) electrons. The first-order valence-corrected chi connectivity index (χ1v) is 5.39. The average molecular weight is 257 g/mol. The van der Waals surface area contributed by atoms with Crippen molar-refractivity contribution in [3.8, 4) is 23.0 Å². The van der Waals surface area contributed by atoms with Crippen LogP contribution in [0.4, 0.5) is 10.1 Å². The van der Waals surface area contributed by atoms with Gasteiger partial charge in [-0.25, -0.2) is 14.4 Å². The fourth-order valence-electron chi connectivity index (χ4n) is 1.57. The number of rotatable bonds is 2. The van der Waals surface area contributed by atoms with E-state index in [2.05, 4.69) is 20.1 Å². The summed E-state index contributed by atoms with van der Waals surface area (Å²) >= 11 is 0. The van der Waals surface area contributed by atoms with Crippen LogP contribution in [0.2, 0.25) is 0 Å². The van der Waals surface area contributed by atoms with Crippen molar-refractivity contribution in [1.29, 1.82) is 0 Å². The first-order valence-electron chi connectivity index (χ1n) is 5.39. The van der Waals surface area contributed by atoms with Gasteiger partial charge in [0.2, 0.25) is 5.82 Å². The Morgan fingerprint density at radius 3 is 2.89 bits per heavy atom. The quantitative estimate of drug-likeness (QED) is 0.705. The van der Waals surface area contributed by atoms with E-state index < -0.39 is 5.82 Å². The van der Waals surface area contributed by atoms with E-state index in [-0.39, 0.29) is 17.3 Å². The Labute approximate surface area is 107 Å². The molecular weight excluding hydrogens is 249 g/mol. The summed E-state index contributed by atoms with van der Waals surface area (Å²) in [6, 6.07) is 5.77. The van der Waals surface area contributed by atoms with Crippen LogP contribution in [0.3, 0.4) is 0 Å². The number of benzene rings is 1. The number of nitrogens with zero attached hydrogens (tertiary/aromatic N) is 4. The molecule has 0 amide bonds. The van der Waals surface area contributed by atoms with Crippen LogP contribution in [0.25, 0.3) is 23.0 Å². The van der Waals surface area contributed by atoms with Crippen LogP contribution in [0.5, 0.6) is 0 Å². The molecule has 0 bridgehead atoms. The number of nitrogens with two attached hydrogens (primary N) is 1. The first kappa shape index (κ1) is 11.3. The Bertz CT molecular complexity index is 713. The van der Waals surface area contributed by atoms with E-state index in [1.165, 1.54) is 24.5 Å². The van der Waals surface area contributed by atoms with Crippen LogP contribution in [0.15, 0.2) is 41.3 Å². The van der Waals surface area contributed by atoms with Crippen molar-refractivity contribution in [1.82, 2.24) is 20.1 Å². The van der Waals surface area contributed by atoms with Crippen LogP contribution in [0.1, 0.15) is 0 Å². The largest absolute Gasteiger partial charge is 0.399 e. The van der Waals surface area contributed by atoms with Crippen LogP contribution in [-0.2, 0) is 0 Å². The molecule has 0 atom stereocenters. The lowest BCUT2D eigenvalue weighted by atomic mass is 10.2. The van der Waals surface area contributed by atoms with Crippen LogP contribution >= 0.6 is 0 Å². The summed E-state index contributed by atoms with van der Waals surface area (Å²) in [6.45, 7) is 0. The van der Waals surface area contributed by atoms with Gasteiger partial charge in [-0.05, 0) is 24.3 Å². The summed E-state index contributed by atoms with van der Waals surface area (Å²) in [5.74, 6) is -0.162. The number of halogens is 1. The highest BCUT2D eigenvalue weighted by Gasteiger charge is 2.15. The topological polar surface area (TPSA) is 90.7 Å². The predicted molar refractivity (Wildman–Crippen MR) is 65.1 cm³/mol. The molecule has 0 unspecified atom stereocenters. The Kier molecular flexibility index (Phi) is 2.64. The fourth-order valence-corrected chi connectivity index (χ4v) is 1.57. The number of hydrogen-bond donors (Lipinski definition) is 1. The SMILES string of the molecule is Nc1ccc(F)c(-c2nc(-c3ccncn3)no2)c1. The van der Waals surface area contributed by atoms with Crippen LogP contribution in [0, 0.1) is 5.82 Å². The third-order valence-electron chi connectivity index (χ3n) is 2.46. The molecule has 7 heteroatoms. The molecule has 94 valence electrons. The third kappa shape index (κ3) is 2.13. The Morgan fingerprint density at radius 1 is 1.21 bits per heavy atom. The molecule has 0 fully saturated rings. The molecule has 6 nitrogen and oxygen atoms in total. The maximum absolute atomic E-state index is 13.7. The van der Waals surface area contributed by atoms with Gasteiger partial charge in [0.05, 0.1) is 5.56 Å². The fraction of sp³-hybridized carbons (Fsp3) is 0. The van der Waals surface area contributed by atoms with Crippen molar-refractivity contribution in [3.63, 3.8) is 0 Å². The number of anilines is 1. The monoisotopic (exact) mass is 257 g/mol. The molecule has 2 heterocycles. The normalized spacial score (nSPS) is 10.6. The van der Waals surface area contributed by atoms with Gasteiger partial charge >= 0.3 is 0 Å². The second-order valence-corrected chi connectivity index (χ2v) is 3.76. The van der Waals surface area contributed by atoms with E-state index in [9.17, 15) is 4.39 Å². The summed E-state index contributed by atoms with van der Waals surface area (Å²) in [4.78, 5) is 11.9. The predicted octanol–water partition coefficient (Wildman–Crippen LogP) is 1.91. The van der Waals surface area contributed by atoms with Gasteiger partial charge in [0.15, 0.2) is 0 Å². The number of aromatic nitrogens is 4. The second-order valence-electron chi connectivity index (χ2n) is 3.76. The lowest BCUT2D eigenvalue weighted by Crippen LogP contribution is -1.90. The summed E-state index contributed by atoms with van der Waals surface area (Å²) in [5, 5.41) is 3.75. The zero-order valence-electron chi connectivity index (χ0n) is 9.62. The lowest BCUT2D eigenvalue weighted by molar-refractivity contribution is 0.429. The van der Waals surface area contributed by atoms with E-state index in [4.69, 9.17) is 10.3 Å². The van der Waals surface area contributed by atoms with Crippen molar-refractivity contribution in [2.75, 3.05) is 5.73 Å². The molecule has 0 spiro atoms. The van der Waals surface area contributed by atoms with E-state index in [0.29, 0.717) is 11.4 Å². The smallest absolute Gasteiger partial charge is 0.261 e. The standard InChI is InChI=1S/C12H8FN5O/c13-9-2-1-7(14)5-8(9)12-17-11(18-19-12)10-3-4-15-6-16-10/h1-6H,14H2. The van der Waals surface area contributed by atoms with Gasteiger partial charge in [0.1, 0.15) is 17.8 Å². The van der Waals surface area contributed by atoms with Gasteiger partial charge in [-0.2, -0.15) is 4.98 Å². The highest BCUT2D eigenvalue weighted by atomic mass is 19.1. The zero-order chi connectivity index (χ0) is 13.2. The van der Waals surface area contributed by atoms with Crippen molar-refractivity contribution in [2.24, 2.45) is 0 Å². The number of nitrogen functional groups attached to an aromatic ring is 1. The second kappa shape index (κ2) is 4.45. The molecule has 3 aromatic rings. The minimum atomic E-state index is -0.480. The summed E-state index contributed by atoms with van der Waals surface area (Å²) < 4.78 is 18.7. The zero-order valence-corrected chi connectivity index (χ0v) is 9.62. The van der Waals surface area contributed by atoms with Crippen molar-refractivity contribution in [2.45, 2.75) is 0 Å². The molecular formula is C12H8FN5O. The van der Waals surface area contributed by atoms with Gasteiger partial charge in [-0.3, -0.25) is 0 Å². The van der Waals surface area contributed by atoms with Crippen LogP contribution in [-0.4, -0.2) is 20.1 Å². The third-order valence-corrected chi connectivity index (χ3v) is 2.46. The molecule has 2 N–H and O–H groups in total. The van der Waals surface area contributed by atoms with Gasteiger partial charge in [-0.1, -0.05) is 5.16 Å². The molecule has 0 aliphatic heterocycles. The van der Waals surface area contributed by atoms with Crippen molar-refractivity contribution < 1.29 is 8.91 Å². The van der Waals surface area contributed by atoms with Gasteiger partial charge in [0, 0.05) is 11.9 Å². The summed E-state index contributed by atoms with van der Waals surface area (Å²) in [5.41, 5.74) is 6.68. The van der Waals surface area contributed by atoms with Crippen molar-refractivity contribution >= 4 is 5.69 Å². The Balaban J connectivity index is 2.04. The molecule has 2 aromatic heterocycles. The Morgan fingerprint density at radius 2 is 2.11 bits per heavy atom. The summed E-state index contributed by atoms with van der Waals surface area (Å²) in [6.07, 6.45) is 2.92. The lowest BCUT2D eigenvalue weighted by Gasteiger charge is -1.98. The van der Waals surface area contributed by atoms with Crippen molar-refractivity contribution in [3.05, 3.63) is 42.6 Å². The molecule has 0 saturated heterocycles. The van der Waals surface area contributed by atoms with E-state index >= 15 is 0 Å². The number of hydrogen-bond acceptors (Lipinski definition) is 6. The molecule has 19 heavy (non-hydrogen) atoms. The van der Waals surface area contributed by atoms with Gasteiger partial charge in [-0.15, -0.1) is 0 Å². The minimum absolute atomic E-state index is 0.0541. The van der Waals surface area contributed by atoms with Crippen LogP contribution < -0.4 is 5.73 Å². The van der Waals surface area contributed by atoms with Gasteiger partial charge < -0.3 is 10.3 Å². The maximum atomic E-state index is 13.7. The van der Waals surface area contributed by atoms with E-state index in [1.807, 2.05) is 0 Å². The summed E-state index contributed by atoms with van der Waals surface area (Å²) in [7, 11) is 0. The first-order chi connectivity index (χ1) is 9.24. The molecule has 1 aromatic carbocycles. The highest BCUT2D eigenvalue weighted by molar-refractivity contribution is 5.62. The Hall–Kier alpha value is -2.83. The molecule has 0 aliphatic carbocycles. The highest BCUT2D eigenvalue weighted by Crippen LogP contribution is 2.25. The maximum Gasteiger partial charge on any atom is 0.261 e.